The van der Waals surface area contributed by atoms with Gasteiger partial charge in [0.25, 0.3) is 0 Å². The van der Waals surface area contributed by atoms with Gasteiger partial charge in [0.1, 0.15) is 0 Å². The van der Waals surface area contributed by atoms with Crippen LogP contribution < -0.4 is 11.1 Å². The van der Waals surface area contributed by atoms with Crippen LogP contribution in [-0.2, 0) is 11.2 Å². The first-order chi connectivity index (χ1) is 9.55. The summed E-state index contributed by atoms with van der Waals surface area (Å²) in [6.07, 6.45) is 5.55. The van der Waals surface area contributed by atoms with Crippen molar-refractivity contribution in [3.05, 3.63) is 29.8 Å². The summed E-state index contributed by atoms with van der Waals surface area (Å²) in [5, 5.41) is 3.07. The van der Waals surface area contributed by atoms with Crippen LogP contribution in [0.25, 0.3) is 0 Å². The first-order valence-electron chi connectivity index (χ1n) is 7.21. The molecule has 0 atom stereocenters. The van der Waals surface area contributed by atoms with Gasteiger partial charge in [-0.3, -0.25) is 4.79 Å². The van der Waals surface area contributed by atoms with E-state index in [2.05, 4.69) is 25.4 Å². The zero-order valence-electron chi connectivity index (χ0n) is 12.7. The van der Waals surface area contributed by atoms with Crippen LogP contribution in [0.15, 0.2) is 24.3 Å². The maximum Gasteiger partial charge on any atom is 0.220 e. The molecule has 0 heterocycles. The molecule has 0 aromatic heterocycles. The standard InChI is InChI=1S/C16H26N2OS/c1-4-16(5-2,20-3)12-18-15(19)11-8-13-6-9-14(17)10-7-13/h6-7,9-10H,4-5,8,11-12,17H2,1-3H3,(H,18,19). The number of thioether (sulfide) groups is 1. The summed E-state index contributed by atoms with van der Waals surface area (Å²) < 4.78 is 0.177. The van der Waals surface area contributed by atoms with Crippen molar-refractivity contribution in [2.24, 2.45) is 0 Å². The molecule has 0 aliphatic rings. The Labute approximate surface area is 126 Å². The minimum absolute atomic E-state index is 0.127. The van der Waals surface area contributed by atoms with Crippen molar-refractivity contribution in [1.29, 1.82) is 0 Å². The number of carbonyl (C=O) groups excluding carboxylic acids is 1. The smallest absolute Gasteiger partial charge is 0.220 e. The summed E-state index contributed by atoms with van der Waals surface area (Å²) >= 11 is 1.85. The van der Waals surface area contributed by atoms with E-state index in [0.717, 1.165) is 37.1 Å². The van der Waals surface area contributed by atoms with Gasteiger partial charge in [-0.05, 0) is 43.2 Å². The largest absolute Gasteiger partial charge is 0.399 e. The van der Waals surface area contributed by atoms with Crippen molar-refractivity contribution in [3.8, 4) is 0 Å². The van der Waals surface area contributed by atoms with Crippen molar-refractivity contribution in [3.63, 3.8) is 0 Å². The minimum atomic E-state index is 0.127. The summed E-state index contributed by atoms with van der Waals surface area (Å²) in [7, 11) is 0. The van der Waals surface area contributed by atoms with E-state index in [-0.39, 0.29) is 10.7 Å². The molecule has 3 nitrogen and oxygen atoms in total. The molecule has 0 fully saturated rings. The van der Waals surface area contributed by atoms with E-state index in [1.165, 1.54) is 0 Å². The Hall–Kier alpha value is -1.16. The molecule has 1 rings (SSSR count). The fourth-order valence-electron chi connectivity index (χ4n) is 2.15. The van der Waals surface area contributed by atoms with Crippen LogP contribution >= 0.6 is 11.8 Å². The average Bonchev–Trinajstić information content (AvgIpc) is 2.48. The Morgan fingerprint density at radius 1 is 1.25 bits per heavy atom. The van der Waals surface area contributed by atoms with Gasteiger partial charge in [0, 0.05) is 23.4 Å². The van der Waals surface area contributed by atoms with Crippen LogP contribution in [-0.4, -0.2) is 23.5 Å². The number of nitrogens with one attached hydrogen (secondary N) is 1. The molecule has 20 heavy (non-hydrogen) atoms. The minimum Gasteiger partial charge on any atom is -0.399 e. The molecule has 4 heteroatoms. The fourth-order valence-corrected chi connectivity index (χ4v) is 2.94. The number of nitrogens with two attached hydrogens (primary N) is 1. The van der Waals surface area contributed by atoms with Crippen molar-refractivity contribution in [1.82, 2.24) is 5.32 Å². The SMILES string of the molecule is CCC(CC)(CNC(=O)CCc1ccc(N)cc1)SC. The fraction of sp³-hybridized carbons (Fsp3) is 0.562. The highest BCUT2D eigenvalue weighted by Crippen LogP contribution is 2.29. The first-order valence-corrected chi connectivity index (χ1v) is 8.44. The second-order valence-corrected chi connectivity index (χ2v) is 6.39. The molecule has 1 amide bonds. The van der Waals surface area contributed by atoms with Crippen LogP contribution in [0.5, 0.6) is 0 Å². The summed E-state index contributed by atoms with van der Waals surface area (Å²) in [4.78, 5) is 11.9. The molecular weight excluding hydrogens is 268 g/mol. The highest BCUT2D eigenvalue weighted by molar-refractivity contribution is 8.00. The van der Waals surface area contributed by atoms with Crippen LogP contribution in [0.1, 0.15) is 38.7 Å². The van der Waals surface area contributed by atoms with Crippen LogP contribution in [0.4, 0.5) is 5.69 Å². The zero-order valence-corrected chi connectivity index (χ0v) is 13.6. The van der Waals surface area contributed by atoms with Crippen molar-refractivity contribution in [2.75, 3.05) is 18.5 Å². The lowest BCUT2D eigenvalue weighted by molar-refractivity contribution is -0.121. The maximum absolute atomic E-state index is 11.9. The number of rotatable bonds is 8. The summed E-state index contributed by atoms with van der Waals surface area (Å²) in [6, 6.07) is 7.71. The van der Waals surface area contributed by atoms with Crippen molar-refractivity contribution in [2.45, 2.75) is 44.3 Å². The lowest BCUT2D eigenvalue weighted by Crippen LogP contribution is -2.39. The van der Waals surface area contributed by atoms with E-state index in [9.17, 15) is 4.79 Å². The number of carbonyl (C=O) groups is 1. The third-order valence-corrected chi connectivity index (χ3v) is 5.54. The second-order valence-electron chi connectivity index (χ2n) is 5.11. The highest BCUT2D eigenvalue weighted by atomic mass is 32.2. The third kappa shape index (κ3) is 5.08. The predicted octanol–water partition coefficient (Wildman–Crippen LogP) is 3.24. The van der Waals surface area contributed by atoms with Crippen LogP contribution in [0.2, 0.25) is 0 Å². The average molecular weight is 294 g/mol. The molecule has 0 aliphatic carbocycles. The Morgan fingerprint density at radius 3 is 2.35 bits per heavy atom. The van der Waals surface area contributed by atoms with Gasteiger partial charge in [0.05, 0.1) is 0 Å². The van der Waals surface area contributed by atoms with Gasteiger partial charge in [-0.1, -0.05) is 26.0 Å². The van der Waals surface area contributed by atoms with Gasteiger partial charge in [-0.15, -0.1) is 0 Å². The van der Waals surface area contributed by atoms with Crippen molar-refractivity contribution >= 4 is 23.4 Å². The quantitative estimate of drug-likeness (QED) is 0.724. The normalized spacial score (nSPS) is 11.3. The van der Waals surface area contributed by atoms with Gasteiger partial charge < -0.3 is 11.1 Å². The molecule has 0 bridgehead atoms. The summed E-state index contributed by atoms with van der Waals surface area (Å²) in [5.74, 6) is 0.127. The first kappa shape index (κ1) is 16.9. The topological polar surface area (TPSA) is 55.1 Å². The molecule has 0 spiro atoms. The van der Waals surface area contributed by atoms with E-state index in [0.29, 0.717) is 6.42 Å². The van der Waals surface area contributed by atoms with E-state index < -0.39 is 0 Å². The number of hydrogen-bond acceptors (Lipinski definition) is 3. The van der Waals surface area contributed by atoms with Gasteiger partial charge in [-0.2, -0.15) is 11.8 Å². The highest BCUT2D eigenvalue weighted by Gasteiger charge is 2.25. The number of aryl methyl sites for hydroxylation is 1. The molecule has 0 radical (unpaired) electrons. The van der Waals surface area contributed by atoms with Crippen LogP contribution in [0.3, 0.4) is 0 Å². The molecule has 112 valence electrons. The molecular formula is C16H26N2OS. The molecule has 0 aliphatic heterocycles. The molecule has 1 aromatic rings. The monoisotopic (exact) mass is 294 g/mol. The van der Waals surface area contributed by atoms with E-state index >= 15 is 0 Å². The van der Waals surface area contributed by atoms with Crippen LogP contribution in [0, 0.1) is 0 Å². The predicted molar refractivity (Wildman–Crippen MR) is 89.0 cm³/mol. The third-order valence-electron chi connectivity index (χ3n) is 3.95. The summed E-state index contributed by atoms with van der Waals surface area (Å²) in [5.41, 5.74) is 7.55. The molecule has 0 saturated carbocycles. The Kier molecular flexibility index (Phi) is 6.93. The Balaban J connectivity index is 2.38. The Bertz CT molecular complexity index is 405. The molecule has 0 saturated heterocycles. The van der Waals surface area contributed by atoms with Gasteiger partial charge >= 0.3 is 0 Å². The van der Waals surface area contributed by atoms with E-state index in [1.807, 2.05) is 36.0 Å². The molecule has 3 N–H and O–H groups in total. The van der Waals surface area contributed by atoms with Crippen molar-refractivity contribution < 1.29 is 4.79 Å². The van der Waals surface area contributed by atoms with E-state index in [4.69, 9.17) is 5.73 Å². The molecule has 0 unspecified atom stereocenters. The summed E-state index contributed by atoms with van der Waals surface area (Å²) in [6.45, 7) is 5.11. The number of hydrogen-bond donors (Lipinski definition) is 2. The number of anilines is 1. The number of amides is 1. The zero-order chi connectivity index (χ0) is 15.0. The van der Waals surface area contributed by atoms with Gasteiger partial charge in [0.2, 0.25) is 5.91 Å². The molecule has 1 aromatic carbocycles. The number of benzene rings is 1. The van der Waals surface area contributed by atoms with E-state index in [1.54, 1.807) is 0 Å². The van der Waals surface area contributed by atoms with Gasteiger partial charge in [-0.25, -0.2) is 0 Å². The van der Waals surface area contributed by atoms with Gasteiger partial charge in [0.15, 0.2) is 0 Å². The Morgan fingerprint density at radius 2 is 1.85 bits per heavy atom. The lowest BCUT2D eigenvalue weighted by Gasteiger charge is -2.29. The maximum atomic E-state index is 11.9. The lowest BCUT2D eigenvalue weighted by atomic mass is 10.0. The number of nitrogen functional groups attached to an aromatic ring is 1. The second kappa shape index (κ2) is 8.20.